The lowest BCUT2D eigenvalue weighted by molar-refractivity contribution is 0.596. The maximum atomic E-state index is 13.4. The van der Waals surface area contributed by atoms with Crippen LogP contribution in [0.1, 0.15) is 0 Å². The Hall–Kier alpha value is -1.34. The zero-order chi connectivity index (χ0) is 13.5. The third-order valence-corrected chi connectivity index (χ3v) is 3.72. The van der Waals surface area contributed by atoms with Crippen LogP contribution < -0.4 is 5.73 Å². The molecule has 0 spiro atoms. The Balaban J connectivity index is 2.50. The molecule has 0 aliphatic heterocycles. The maximum Gasteiger partial charge on any atom is 0.201 e. The monoisotopic (exact) mass is 291 g/mol. The Bertz CT molecular complexity index is 711. The second kappa shape index (κ2) is 4.40. The highest BCUT2D eigenvalue weighted by Crippen LogP contribution is 2.24. The SMILES string of the molecule is CS(=O)(=O)CCn1c(N)nc2cc(Cl)c(F)cc21. The minimum absolute atomic E-state index is 0.0461. The molecule has 0 radical (unpaired) electrons. The number of nitrogen functional groups attached to an aromatic ring is 1. The van der Waals surface area contributed by atoms with E-state index in [2.05, 4.69) is 4.98 Å². The molecule has 2 aromatic rings. The summed E-state index contributed by atoms with van der Waals surface area (Å²) in [6, 6.07) is 2.56. The van der Waals surface area contributed by atoms with Crippen molar-refractivity contribution in [1.29, 1.82) is 0 Å². The molecule has 5 nitrogen and oxygen atoms in total. The highest BCUT2D eigenvalue weighted by Gasteiger charge is 2.13. The molecule has 18 heavy (non-hydrogen) atoms. The van der Waals surface area contributed by atoms with Crippen LogP contribution in [0.2, 0.25) is 5.02 Å². The van der Waals surface area contributed by atoms with E-state index in [1.807, 2.05) is 0 Å². The first-order valence-electron chi connectivity index (χ1n) is 5.06. The molecule has 0 amide bonds. The molecule has 0 bridgehead atoms. The van der Waals surface area contributed by atoms with Gasteiger partial charge in [0.1, 0.15) is 15.7 Å². The summed E-state index contributed by atoms with van der Waals surface area (Å²) in [5.41, 5.74) is 6.54. The number of anilines is 1. The number of aryl methyl sites for hydroxylation is 1. The average molecular weight is 292 g/mol. The van der Waals surface area contributed by atoms with E-state index in [4.69, 9.17) is 17.3 Å². The minimum Gasteiger partial charge on any atom is -0.369 e. The highest BCUT2D eigenvalue weighted by atomic mass is 35.5. The quantitative estimate of drug-likeness (QED) is 0.928. The van der Waals surface area contributed by atoms with Gasteiger partial charge in [-0.15, -0.1) is 0 Å². The number of fused-ring (bicyclic) bond motifs is 1. The molecule has 0 unspecified atom stereocenters. The third kappa shape index (κ3) is 2.56. The number of nitrogens with two attached hydrogens (primary N) is 1. The summed E-state index contributed by atoms with van der Waals surface area (Å²) in [7, 11) is -3.13. The number of aromatic nitrogens is 2. The zero-order valence-corrected chi connectivity index (χ0v) is 11.1. The van der Waals surface area contributed by atoms with Gasteiger partial charge < -0.3 is 10.3 Å². The largest absolute Gasteiger partial charge is 0.369 e. The van der Waals surface area contributed by atoms with Crippen LogP contribution in [-0.2, 0) is 16.4 Å². The number of rotatable bonds is 3. The predicted octanol–water partition coefficient (Wildman–Crippen LogP) is 1.46. The second-order valence-electron chi connectivity index (χ2n) is 4.01. The number of hydrogen-bond acceptors (Lipinski definition) is 4. The smallest absolute Gasteiger partial charge is 0.201 e. The van der Waals surface area contributed by atoms with Gasteiger partial charge in [0.15, 0.2) is 0 Å². The van der Waals surface area contributed by atoms with Crippen molar-refractivity contribution in [2.45, 2.75) is 6.54 Å². The van der Waals surface area contributed by atoms with Crippen LogP contribution >= 0.6 is 11.6 Å². The number of hydrogen-bond donors (Lipinski definition) is 1. The van der Waals surface area contributed by atoms with Crippen LogP contribution in [0.4, 0.5) is 10.3 Å². The van der Waals surface area contributed by atoms with Crippen molar-refractivity contribution >= 4 is 38.4 Å². The van der Waals surface area contributed by atoms with Crippen molar-refractivity contribution in [3.05, 3.63) is 23.0 Å². The Morgan fingerprint density at radius 2 is 2.17 bits per heavy atom. The Labute approximate surface area is 108 Å². The predicted molar refractivity (Wildman–Crippen MR) is 68.8 cm³/mol. The van der Waals surface area contributed by atoms with Crippen LogP contribution in [-0.4, -0.2) is 30.0 Å². The summed E-state index contributed by atoms with van der Waals surface area (Å²) in [5, 5.41) is -0.0461. The Morgan fingerprint density at radius 1 is 1.50 bits per heavy atom. The highest BCUT2D eigenvalue weighted by molar-refractivity contribution is 7.90. The molecule has 1 aromatic carbocycles. The van der Waals surface area contributed by atoms with Crippen molar-refractivity contribution in [3.8, 4) is 0 Å². The topological polar surface area (TPSA) is 78.0 Å². The Kier molecular flexibility index (Phi) is 3.20. The summed E-state index contributed by atoms with van der Waals surface area (Å²) in [5.74, 6) is -0.549. The molecule has 1 heterocycles. The zero-order valence-electron chi connectivity index (χ0n) is 9.52. The summed E-state index contributed by atoms with van der Waals surface area (Å²) in [4.78, 5) is 4.01. The van der Waals surface area contributed by atoms with E-state index in [-0.39, 0.29) is 23.3 Å². The first-order valence-corrected chi connectivity index (χ1v) is 7.50. The fraction of sp³-hybridized carbons (Fsp3) is 0.300. The number of imidazole rings is 1. The number of sulfone groups is 1. The molecule has 0 saturated carbocycles. The van der Waals surface area contributed by atoms with Gasteiger partial charge >= 0.3 is 0 Å². The fourth-order valence-electron chi connectivity index (χ4n) is 1.63. The maximum absolute atomic E-state index is 13.4. The minimum atomic E-state index is -3.13. The van der Waals surface area contributed by atoms with Crippen LogP contribution in [0.15, 0.2) is 12.1 Å². The van der Waals surface area contributed by atoms with Crippen LogP contribution in [0.25, 0.3) is 11.0 Å². The molecule has 98 valence electrons. The van der Waals surface area contributed by atoms with Gasteiger partial charge in [-0.2, -0.15) is 0 Å². The number of halogens is 2. The number of benzene rings is 1. The van der Waals surface area contributed by atoms with Gasteiger partial charge in [-0.05, 0) is 6.07 Å². The molecule has 0 aliphatic rings. The van der Waals surface area contributed by atoms with Crippen molar-refractivity contribution < 1.29 is 12.8 Å². The molecule has 2 rings (SSSR count). The van der Waals surface area contributed by atoms with Crippen LogP contribution in [0.5, 0.6) is 0 Å². The van der Waals surface area contributed by atoms with E-state index in [1.165, 1.54) is 16.7 Å². The lowest BCUT2D eigenvalue weighted by Gasteiger charge is -2.05. The molecular formula is C10H11ClFN3O2S. The normalized spacial score (nSPS) is 12.2. The van der Waals surface area contributed by atoms with Gasteiger partial charge in [0.2, 0.25) is 5.95 Å². The van der Waals surface area contributed by atoms with Gasteiger partial charge in [-0.25, -0.2) is 17.8 Å². The molecule has 8 heteroatoms. The van der Waals surface area contributed by atoms with E-state index in [0.717, 1.165) is 6.26 Å². The molecule has 2 N–H and O–H groups in total. The van der Waals surface area contributed by atoms with Gasteiger partial charge in [0.25, 0.3) is 0 Å². The van der Waals surface area contributed by atoms with Gasteiger partial charge in [-0.1, -0.05) is 11.6 Å². The van der Waals surface area contributed by atoms with Crippen LogP contribution in [0.3, 0.4) is 0 Å². The molecule has 0 atom stereocenters. The molecule has 1 aromatic heterocycles. The van der Waals surface area contributed by atoms with Gasteiger partial charge in [0.05, 0.1) is 21.8 Å². The summed E-state index contributed by atoms with van der Waals surface area (Å²) >= 11 is 5.64. The number of nitrogens with zero attached hydrogens (tertiary/aromatic N) is 2. The van der Waals surface area contributed by atoms with Crippen molar-refractivity contribution in [1.82, 2.24) is 9.55 Å². The van der Waals surface area contributed by atoms with Crippen molar-refractivity contribution in [2.75, 3.05) is 17.7 Å². The van der Waals surface area contributed by atoms with Crippen molar-refractivity contribution in [2.24, 2.45) is 0 Å². The summed E-state index contributed by atoms with van der Waals surface area (Å²) < 4.78 is 37.1. The lowest BCUT2D eigenvalue weighted by atomic mass is 10.3. The first-order chi connectivity index (χ1) is 8.28. The first kappa shape index (κ1) is 13.1. The van der Waals surface area contributed by atoms with E-state index < -0.39 is 15.7 Å². The van der Waals surface area contributed by atoms with E-state index >= 15 is 0 Å². The Morgan fingerprint density at radius 3 is 2.78 bits per heavy atom. The van der Waals surface area contributed by atoms with Gasteiger partial charge in [-0.3, -0.25) is 0 Å². The fourth-order valence-corrected chi connectivity index (χ4v) is 2.30. The van der Waals surface area contributed by atoms with E-state index in [9.17, 15) is 12.8 Å². The molecular weight excluding hydrogens is 281 g/mol. The lowest BCUT2D eigenvalue weighted by Crippen LogP contribution is -2.13. The summed E-state index contributed by atoms with van der Waals surface area (Å²) in [6.07, 6.45) is 1.12. The summed E-state index contributed by atoms with van der Waals surface area (Å²) in [6.45, 7) is 0.127. The molecule has 0 fully saturated rings. The van der Waals surface area contributed by atoms with Crippen LogP contribution in [0, 0.1) is 5.82 Å². The average Bonchev–Trinajstić information content (AvgIpc) is 2.51. The van der Waals surface area contributed by atoms with Crippen molar-refractivity contribution in [3.63, 3.8) is 0 Å². The molecule has 0 saturated heterocycles. The van der Waals surface area contributed by atoms with Gasteiger partial charge in [0, 0.05) is 18.9 Å². The van der Waals surface area contributed by atoms with E-state index in [0.29, 0.717) is 11.0 Å². The second-order valence-corrected chi connectivity index (χ2v) is 6.67. The standard InChI is InChI=1S/C10H11ClFN3O2S/c1-18(16,17)3-2-15-9-5-7(12)6(11)4-8(9)14-10(15)13/h4-5H,2-3H2,1H3,(H2,13,14). The third-order valence-electron chi connectivity index (χ3n) is 2.51. The molecule has 0 aliphatic carbocycles. The van der Waals surface area contributed by atoms with E-state index in [1.54, 1.807) is 0 Å².